The van der Waals surface area contributed by atoms with E-state index in [0.29, 0.717) is 6.10 Å². The summed E-state index contributed by atoms with van der Waals surface area (Å²) in [5.74, 6) is 0.989. The minimum atomic E-state index is -0.382. The lowest BCUT2D eigenvalue weighted by atomic mass is 9.96. The van der Waals surface area contributed by atoms with E-state index in [-0.39, 0.29) is 6.10 Å². The molecular weight excluding hydrogens is 252 g/mol. The van der Waals surface area contributed by atoms with Crippen LogP contribution in [-0.4, -0.2) is 24.4 Å². The van der Waals surface area contributed by atoms with E-state index >= 15 is 0 Å². The van der Waals surface area contributed by atoms with Crippen molar-refractivity contribution >= 4 is 0 Å². The molecule has 0 amide bonds. The molecule has 1 aromatic rings. The summed E-state index contributed by atoms with van der Waals surface area (Å²) < 4.78 is 11.3. The van der Waals surface area contributed by atoms with Crippen LogP contribution in [0.25, 0.3) is 0 Å². The number of aliphatic hydroxyl groups excluding tert-OH is 1. The Morgan fingerprint density at radius 2 is 2.15 bits per heavy atom. The smallest absolute Gasteiger partial charge is 0.122 e. The van der Waals surface area contributed by atoms with Gasteiger partial charge in [-0.1, -0.05) is 6.07 Å². The fourth-order valence-corrected chi connectivity index (χ4v) is 3.13. The summed E-state index contributed by atoms with van der Waals surface area (Å²) in [6, 6.07) is 6.11. The molecule has 2 unspecified atom stereocenters. The first kappa shape index (κ1) is 13.9. The number of benzene rings is 1. The maximum Gasteiger partial charge on any atom is 0.122 e. The van der Waals surface area contributed by atoms with Crippen molar-refractivity contribution in [3.63, 3.8) is 0 Å². The Bertz CT molecular complexity index is 438. The summed E-state index contributed by atoms with van der Waals surface area (Å²) in [7, 11) is 0. The number of aliphatic hydroxyl groups is 1. The highest BCUT2D eigenvalue weighted by atomic mass is 16.5. The second kappa shape index (κ2) is 6.59. The number of fused-ring (bicyclic) bond motifs is 1. The van der Waals surface area contributed by atoms with Crippen LogP contribution in [0.4, 0.5) is 0 Å². The van der Waals surface area contributed by atoms with Gasteiger partial charge in [0.15, 0.2) is 0 Å². The zero-order chi connectivity index (χ0) is 13.8. The predicted molar refractivity (Wildman–Crippen MR) is 78.0 cm³/mol. The summed E-state index contributed by atoms with van der Waals surface area (Å²) in [6.45, 7) is 1.70. The number of hydrogen-bond acceptors (Lipinski definition) is 3. The van der Waals surface area contributed by atoms with E-state index in [2.05, 4.69) is 6.07 Å². The second-order valence-corrected chi connectivity index (χ2v) is 5.90. The first-order valence-corrected chi connectivity index (χ1v) is 7.88. The quantitative estimate of drug-likeness (QED) is 0.916. The zero-order valence-corrected chi connectivity index (χ0v) is 12.0. The lowest BCUT2D eigenvalue weighted by Gasteiger charge is -2.24. The third-order valence-corrected chi connectivity index (χ3v) is 4.35. The lowest BCUT2D eigenvalue weighted by Crippen LogP contribution is -2.19. The van der Waals surface area contributed by atoms with Crippen molar-refractivity contribution in [3.05, 3.63) is 29.3 Å². The van der Waals surface area contributed by atoms with Gasteiger partial charge in [0.1, 0.15) is 5.75 Å². The average molecular weight is 276 g/mol. The van der Waals surface area contributed by atoms with E-state index in [1.165, 1.54) is 18.4 Å². The highest BCUT2D eigenvalue weighted by molar-refractivity contribution is 5.39. The molecule has 2 atom stereocenters. The van der Waals surface area contributed by atoms with Crippen molar-refractivity contribution in [2.45, 2.75) is 57.2 Å². The zero-order valence-electron chi connectivity index (χ0n) is 12.0. The molecule has 0 spiro atoms. The maximum atomic E-state index is 10.4. The first-order valence-electron chi connectivity index (χ1n) is 7.88. The molecule has 0 aliphatic carbocycles. The fourth-order valence-electron chi connectivity index (χ4n) is 3.13. The van der Waals surface area contributed by atoms with Crippen molar-refractivity contribution in [1.82, 2.24) is 0 Å². The standard InChI is InChI=1S/C17H24O3/c18-16(8-7-15-5-1-2-10-19-15)13-6-9-17-14(12-13)4-3-11-20-17/h6,9,12,15-16,18H,1-5,7-8,10-11H2. The van der Waals surface area contributed by atoms with Gasteiger partial charge in [0.2, 0.25) is 0 Å². The van der Waals surface area contributed by atoms with E-state index in [9.17, 15) is 5.11 Å². The average Bonchev–Trinajstić information content (AvgIpc) is 2.53. The van der Waals surface area contributed by atoms with E-state index in [1.54, 1.807) is 0 Å². The fraction of sp³-hybridized carbons (Fsp3) is 0.647. The normalized spacial score (nSPS) is 23.8. The van der Waals surface area contributed by atoms with Crippen LogP contribution in [0.5, 0.6) is 5.75 Å². The summed E-state index contributed by atoms with van der Waals surface area (Å²) in [5.41, 5.74) is 2.26. The molecular formula is C17H24O3. The molecule has 2 heterocycles. The molecule has 1 fully saturated rings. The largest absolute Gasteiger partial charge is 0.493 e. The van der Waals surface area contributed by atoms with Crippen LogP contribution in [0.1, 0.15) is 55.8 Å². The molecule has 0 bridgehead atoms. The van der Waals surface area contributed by atoms with E-state index in [4.69, 9.17) is 9.47 Å². The van der Waals surface area contributed by atoms with Crippen LogP contribution >= 0.6 is 0 Å². The van der Waals surface area contributed by atoms with E-state index < -0.39 is 0 Å². The van der Waals surface area contributed by atoms with Gasteiger partial charge in [-0.3, -0.25) is 0 Å². The van der Waals surface area contributed by atoms with E-state index in [0.717, 1.165) is 56.6 Å². The Morgan fingerprint density at radius 3 is 3.00 bits per heavy atom. The van der Waals surface area contributed by atoms with Crippen LogP contribution in [0, 0.1) is 0 Å². The number of aryl methyl sites for hydroxylation is 1. The molecule has 0 saturated carbocycles. The SMILES string of the molecule is OC(CCC1CCCCO1)c1ccc2c(c1)CCCO2. The maximum absolute atomic E-state index is 10.4. The van der Waals surface area contributed by atoms with Crippen LogP contribution < -0.4 is 4.74 Å². The van der Waals surface area contributed by atoms with E-state index in [1.807, 2.05) is 12.1 Å². The summed E-state index contributed by atoms with van der Waals surface area (Å²) in [5, 5.41) is 10.4. The molecule has 3 heteroatoms. The molecule has 0 aromatic heterocycles. The van der Waals surface area contributed by atoms with Crippen LogP contribution in [0.15, 0.2) is 18.2 Å². The number of rotatable bonds is 4. The Kier molecular flexibility index (Phi) is 4.58. The highest BCUT2D eigenvalue weighted by Crippen LogP contribution is 2.30. The molecule has 0 radical (unpaired) electrons. The van der Waals surface area contributed by atoms with Gasteiger partial charge in [-0.2, -0.15) is 0 Å². The second-order valence-electron chi connectivity index (χ2n) is 5.90. The van der Waals surface area contributed by atoms with Crippen molar-refractivity contribution in [2.75, 3.05) is 13.2 Å². The molecule has 20 heavy (non-hydrogen) atoms. The Morgan fingerprint density at radius 1 is 1.20 bits per heavy atom. The molecule has 2 aliphatic heterocycles. The Balaban J connectivity index is 1.57. The topological polar surface area (TPSA) is 38.7 Å². The van der Waals surface area contributed by atoms with Gasteiger partial charge in [-0.15, -0.1) is 0 Å². The summed E-state index contributed by atoms with van der Waals surface area (Å²) in [4.78, 5) is 0. The number of hydrogen-bond donors (Lipinski definition) is 1. The van der Waals surface area contributed by atoms with Gasteiger partial charge >= 0.3 is 0 Å². The summed E-state index contributed by atoms with van der Waals surface area (Å²) >= 11 is 0. The van der Waals surface area contributed by atoms with Crippen molar-refractivity contribution in [1.29, 1.82) is 0 Å². The van der Waals surface area contributed by atoms with Gasteiger partial charge in [0, 0.05) is 6.61 Å². The molecule has 2 aliphatic rings. The van der Waals surface area contributed by atoms with Gasteiger partial charge in [-0.25, -0.2) is 0 Å². The summed E-state index contributed by atoms with van der Waals surface area (Å²) in [6.07, 6.45) is 7.42. The van der Waals surface area contributed by atoms with Gasteiger partial charge < -0.3 is 14.6 Å². The van der Waals surface area contributed by atoms with Crippen molar-refractivity contribution in [2.24, 2.45) is 0 Å². The molecule has 3 nitrogen and oxygen atoms in total. The minimum Gasteiger partial charge on any atom is -0.493 e. The van der Waals surface area contributed by atoms with Crippen LogP contribution in [-0.2, 0) is 11.2 Å². The Hall–Kier alpha value is -1.06. The van der Waals surface area contributed by atoms with Gasteiger partial charge in [0.25, 0.3) is 0 Å². The predicted octanol–water partition coefficient (Wildman–Crippen LogP) is 3.39. The van der Waals surface area contributed by atoms with Crippen LogP contribution in [0.2, 0.25) is 0 Å². The third-order valence-electron chi connectivity index (χ3n) is 4.35. The van der Waals surface area contributed by atoms with Gasteiger partial charge in [-0.05, 0) is 68.2 Å². The highest BCUT2D eigenvalue weighted by Gasteiger charge is 2.18. The molecule has 1 aromatic carbocycles. The minimum absolute atomic E-state index is 0.347. The third kappa shape index (κ3) is 3.33. The first-order chi connectivity index (χ1) is 9.83. The van der Waals surface area contributed by atoms with Crippen molar-refractivity contribution < 1.29 is 14.6 Å². The molecule has 110 valence electrons. The molecule has 3 rings (SSSR count). The molecule has 1 N–H and O–H groups in total. The monoisotopic (exact) mass is 276 g/mol. The van der Waals surface area contributed by atoms with Gasteiger partial charge in [0.05, 0.1) is 18.8 Å². The lowest BCUT2D eigenvalue weighted by molar-refractivity contribution is 0.00212. The Labute approximate surface area is 120 Å². The molecule has 1 saturated heterocycles. The van der Waals surface area contributed by atoms with Crippen molar-refractivity contribution in [3.8, 4) is 5.75 Å². The number of ether oxygens (including phenoxy) is 2. The van der Waals surface area contributed by atoms with Crippen LogP contribution in [0.3, 0.4) is 0 Å².